The SMILES string of the molecule is COc1ccc(C)cc1NC(=O)c1cc(S(=O)(=O)NC2CC2)ccc1C. The molecule has 0 radical (unpaired) electrons. The molecule has 1 saturated carbocycles. The summed E-state index contributed by atoms with van der Waals surface area (Å²) in [6.07, 6.45) is 1.71. The van der Waals surface area contributed by atoms with Crippen LogP contribution in [-0.2, 0) is 10.0 Å². The van der Waals surface area contributed by atoms with Crippen molar-refractivity contribution in [2.24, 2.45) is 0 Å². The van der Waals surface area contributed by atoms with Gasteiger partial charge in [0.15, 0.2) is 0 Å². The lowest BCUT2D eigenvalue weighted by Crippen LogP contribution is -2.26. The molecule has 138 valence electrons. The number of benzene rings is 2. The first-order chi connectivity index (χ1) is 12.3. The molecule has 2 aromatic carbocycles. The molecule has 0 aromatic heterocycles. The van der Waals surface area contributed by atoms with Gasteiger partial charge in [0.05, 0.1) is 17.7 Å². The zero-order chi connectivity index (χ0) is 18.9. The summed E-state index contributed by atoms with van der Waals surface area (Å²) in [5, 5.41) is 2.81. The smallest absolute Gasteiger partial charge is 0.256 e. The Balaban J connectivity index is 1.90. The van der Waals surface area contributed by atoms with E-state index in [9.17, 15) is 13.2 Å². The van der Waals surface area contributed by atoms with Crippen LogP contribution in [0.2, 0.25) is 0 Å². The molecular formula is C19H22N2O4S. The standard InChI is InChI=1S/C19H22N2O4S/c1-12-4-9-18(25-3)17(10-12)20-19(22)16-11-15(8-5-13(16)2)26(23,24)21-14-6-7-14/h4-5,8-11,14,21H,6-7H2,1-3H3,(H,20,22). The lowest BCUT2D eigenvalue weighted by atomic mass is 10.1. The fourth-order valence-electron chi connectivity index (χ4n) is 2.61. The summed E-state index contributed by atoms with van der Waals surface area (Å²) in [5.41, 5.74) is 2.52. The maximum absolute atomic E-state index is 12.7. The lowest BCUT2D eigenvalue weighted by Gasteiger charge is -2.13. The number of methoxy groups -OCH3 is 1. The Hall–Kier alpha value is -2.38. The summed E-state index contributed by atoms with van der Waals surface area (Å²) >= 11 is 0. The monoisotopic (exact) mass is 374 g/mol. The summed E-state index contributed by atoms with van der Waals surface area (Å²) in [4.78, 5) is 12.8. The average Bonchev–Trinajstić information content (AvgIpc) is 3.38. The predicted molar refractivity (Wildman–Crippen MR) is 100 cm³/mol. The van der Waals surface area contributed by atoms with Crippen molar-refractivity contribution >= 4 is 21.6 Å². The normalized spacial score (nSPS) is 14.1. The molecule has 1 aliphatic carbocycles. The topological polar surface area (TPSA) is 84.5 Å². The number of hydrogen-bond acceptors (Lipinski definition) is 4. The Morgan fingerprint density at radius 1 is 1.12 bits per heavy atom. The fraction of sp³-hybridized carbons (Fsp3) is 0.316. The number of anilines is 1. The quantitative estimate of drug-likeness (QED) is 0.814. The zero-order valence-corrected chi connectivity index (χ0v) is 15.8. The molecule has 2 aromatic rings. The molecule has 1 aliphatic rings. The van der Waals surface area contributed by atoms with E-state index in [1.807, 2.05) is 13.0 Å². The highest BCUT2D eigenvalue weighted by molar-refractivity contribution is 7.89. The second kappa shape index (κ2) is 7.09. The Morgan fingerprint density at radius 3 is 2.50 bits per heavy atom. The van der Waals surface area contributed by atoms with Crippen LogP contribution < -0.4 is 14.8 Å². The zero-order valence-electron chi connectivity index (χ0n) is 15.0. The molecule has 0 bridgehead atoms. The van der Waals surface area contributed by atoms with Gasteiger partial charge >= 0.3 is 0 Å². The molecule has 26 heavy (non-hydrogen) atoms. The molecule has 0 unspecified atom stereocenters. The van der Waals surface area contributed by atoms with Gasteiger partial charge in [-0.05, 0) is 62.1 Å². The molecule has 7 heteroatoms. The fourth-order valence-corrected chi connectivity index (χ4v) is 3.94. The Labute approximate surface area is 153 Å². The van der Waals surface area contributed by atoms with Crippen LogP contribution >= 0.6 is 0 Å². The highest BCUT2D eigenvalue weighted by atomic mass is 32.2. The molecule has 0 saturated heterocycles. The molecule has 0 atom stereocenters. The third-order valence-electron chi connectivity index (χ3n) is 4.27. The van der Waals surface area contributed by atoms with Crippen molar-refractivity contribution in [3.05, 3.63) is 53.1 Å². The first-order valence-corrected chi connectivity index (χ1v) is 9.87. The number of rotatable bonds is 6. The molecule has 0 spiro atoms. The summed E-state index contributed by atoms with van der Waals surface area (Å²) in [5.74, 6) is 0.163. The number of hydrogen-bond donors (Lipinski definition) is 2. The van der Waals surface area contributed by atoms with E-state index in [0.29, 0.717) is 22.6 Å². The Morgan fingerprint density at radius 2 is 1.85 bits per heavy atom. The number of aryl methyl sites for hydroxylation is 2. The van der Waals surface area contributed by atoms with Gasteiger partial charge in [0.25, 0.3) is 5.91 Å². The van der Waals surface area contributed by atoms with Gasteiger partial charge < -0.3 is 10.1 Å². The second-order valence-electron chi connectivity index (χ2n) is 6.53. The van der Waals surface area contributed by atoms with Gasteiger partial charge in [0.2, 0.25) is 10.0 Å². The maximum atomic E-state index is 12.7. The lowest BCUT2D eigenvalue weighted by molar-refractivity contribution is 0.102. The van der Waals surface area contributed by atoms with Crippen LogP contribution in [0.3, 0.4) is 0 Å². The van der Waals surface area contributed by atoms with Crippen LogP contribution in [0.4, 0.5) is 5.69 Å². The predicted octanol–water partition coefficient (Wildman–Crippen LogP) is 3.01. The molecule has 6 nitrogen and oxygen atoms in total. The van der Waals surface area contributed by atoms with Crippen LogP contribution in [0.5, 0.6) is 5.75 Å². The van der Waals surface area contributed by atoms with Crippen LogP contribution in [0, 0.1) is 13.8 Å². The van der Waals surface area contributed by atoms with Gasteiger partial charge in [-0.1, -0.05) is 12.1 Å². The van der Waals surface area contributed by atoms with Crippen molar-refractivity contribution in [3.63, 3.8) is 0 Å². The van der Waals surface area contributed by atoms with Crippen molar-refractivity contribution in [2.75, 3.05) is 12.4 Å². The third kappa shape index (κ3) is 4.05. The molecule has 0 aliphatic heterocycles. The van der Waals surface area contributed by atoms with Gasteiger partial charge in [0, 0.05) is 11.6 Å². The number of ether oxygens (including phenoxy) is 1. The van der Waals surface area contributed by atoms with E-state index in [-0.39, 0.29) is 16.8 Å². The number of carbonyl (C=O) groups excluding carboxylic acids is 1. The van der Waals surface area contributed by atoms with Crippen LogP contribution in [0.25, 0.3) is 0 Å². The van der Waals surface area contributed by atoms with Crippen LogP contribution in [0.15, 0.2) is 41.3 Å². The van der Waals surface area contributed by atoms with E-state index >= 15 is 0 Å². The first kappa shape index (κ1) is 18.4. The summed E-state index contributed by atoms with van der Waals surface area (Å²) in [6.45, 7) is 3.68. The van der Waals surface area contributed by atoms with Crippen molar-refractivity contribution in [1.29, 1.82) is 0 Å². The third-order valence-corrected chi connectivity index (χ3v) is 5.78. The Bertz CT molecular complexity index is 950. The van der Waals surface area contributed by atoms with Crippen molar-refractivity contribution < 1.29 is 17.9 Å². The maximum Gasteiger partial charge on any atom is 0.256 e. The number of carbonyl (C=O) groups is 1. The molecule has 3 rings (SSSR count). The van der Waals surface area contributed by atoms with Crippen molar-refractivity contribution in [3.8, 4) is 5.75 Å². The van der Waals surface area contributed by atoms with E-state index in [2.05, 4.69) is 10.0 Å². The highest BCUT2D eigenvalue weighted by Crippen LogP contribution is 2.27. The summed E-state index contributed by atoms with van der Waals surface area (Å²) < 4.78 is 32.7. The number of nitrogens with one attached hydrogen (secondary N) is 2. The molecule has 0 heterocycles. The van der Waals surface area contributed by atoms with E-state index in [1.54, 1.807) is 25.1 Å². The van der Waals surface area contributed by atoms with Crippen LogP contribution in [0.1, 0.15) is 34.3 Å². The highest BCUT2D eigenvalue weighted by Gasteiger charge is 2.28. The summed E-state index contributed by atoms with van der Waals surface area (Å²) in [6, 6.07) is 10.1. The Kier molecular flexibility index (Phi) is 5.02. The largest absolute Gasteiger partial charge is 0.495 e. The summed E-state index contributed by atoms with van der Waals surface area (Å²) in [7, 11) is -2.09. The average molecular weight is 374 g/mol. The van der Waals surface area contributed by atoms with Gasteiger partial charge in [-0.25, -0.2) is 13.1 Å². The minimum atomic E-state index is -3.62. The molecule has 2 N–H and O–H groups in total. The van der Waals surface area contributed by atoms with Gasteiger partial charge in [-0.15, -0.1) is 0 Å². The van der Waals surface area contributed by atoms with Gasteiger partial charge in [0.1, 0.15) is 5.75 Å². The van der Waals surface area contributed by atoms with E-state index in [0.717, 1.165) is 18.4 Å². The van der Waals surface area contributed by atoms with Gasteiger partial charge in [-0.3, -0.25) is 4.79 Å². The molecular weight excluding hydrogens is 352 g/mol. The molecule has 1 amide bonds. The minimum Gasteiger partial charge on any atom is -0.495 e. The van der Waals surface area contributed by atoms with Crippen molar-refractivity contribution in [2.45, 2.75) is 37.6 Å². The number of amides is 1. The van der Waals surface area contributed by atoms with E-state index < -0.39 is 10.0 Å². The first-order valence-electron chi connectivity index (χ1n) is 8.39. The van der Waals surface area contributed by atoms with E-state index in [4.69, 9.17) is 4.74 Å². The minimum absolute atomic E-state index is 0.00938. The second-order valence-corrected chi connectivity index (χ2v) is 8.24. The van der Waals surface area contributed by atoms with Crippen molar-refractivity contribution in [1.82, 2.24) is 4.72 Å². The molecule has 1 fully saturated rings. The number of sulfonamides is 1. The van der Waals surface area contributed by atoms with Gasteiger partial charge in [-0.2, -0.15) is 0 Å². The van der Waals surface area contributed by atoms with E-state index in [1.165, 1.54) is 19.2 Å². The van der Waals surface area contributed by atoms with Crippen LogP contribution in [-0.4, -0.2) is 27.5 Å².